The van der Waals surface area contributed by atoms with Gasteiger partial charge in [-0.1, -0.05) is 23.7 Å². The lowest BCUT2D eigenvalue weighted by atomic mass is 10.1. The molecule has 0 spiro atoms. The van der Waals surface area contributed by atoms with E-state index in [1.54, 1.807) is 12.1 Å². The average Bonchev–Trinajstić information content (AvgIpc) is 2.47. The van der Waals surface area contributed by atoms with Crippen LogP contribution in [0.2, 0.25) is 5.02 Å². The number of ether oxygens (including phenoxy) is 1. The van der Waals surface area contributed by atoms with Gasteiger partial charge in [-0.05, 0) is 48.4 Å². The molecule has 0 radical (unpaired) electrons. The van der Waals surface area contributed by atoms with E-state index < -0.39 is 5.91 Å². The van der Waals surface area contributed by atoms with Gasteiger partial charge in [0.05, 0.1) is 0 Å². The van der Waals surface area contributed by atoms with E-state index in [4.69, 9.17) is 22.1 Å². The van der Waals surface area contributed by atoms with Crippen molar-refractivity contribution in [2.75, 3.05) is 11.9 Å². The molecule has 21 heavy (non-hydrogen) atoms. The number of anilines is 1. The summed E-state index contributed by atoms with van der Waals surface area (Å²) in [6, 6.07) is 13.3. The number of carbonyl (C=O) groups excluding carboxylic acids is 1. The molecule has 0 aliphatic rings. The van der Waals surface area contributed by atoms with E-state index in [1.165, 1.54) is 0 Å². The maximum atomic E-state index is 10.6. The molecule has 0 unspecified atom stereocenters. The molecule has 0 atom stereocenters. The highest BCUT2D eigenvalue weighted by atomic mass is 35.5. The zero-order valence-corrected chi connectivity index (χ0v) is 12.5. The van der Waals surface area contributed by atoms with Crippen LogP contribution in [0.4, 0.5) is 5.69 Å². The van der Waals surface area contributed by atoms with E-state index in [-0.39, 0.29) is 6.61 Å². The fourth-order valence-electron chi connectivity index (χ4n) is 1.77. The highest BCUT2D eigenvalue weighted by molar-refractivity contribution is 6.31. The third kappa shape index (κ3) is 4.68. The van der Waals surface area contributed by atoms with Crippen molar-refractivity contribution in [3.63, 3.8) is 0 Å². The molecular formula is C16H17ClN2O2. The lowest BCUT2D eigenvalue weighted by Crippen LogP contribution is -2.19. The predicted octanol–water partition coefficient (Wildman–Crippen LogP) is 3.12. The Morgan fingerprint density at radius 3 is 2.57 bits per heavy atom. The molecular weight excluding hydrogens is 288 g/mol. The quantitative estimate of drug-likeness (QED) is 0.862. The zero-order chi connectivity index (χ0) is 15.2. The van der Waals surface area contributed by atoms with Crippen LogP contribution in [-0.2, 0) is 11.3 Å². The third-order valence-electron chi connectivity index (χ3n) is 2.97. The van der Waals surface area contributed by atoms with Crippen LogP contribution in [0, 0.1) is 6.92 Å². The van der Waals surface area contributed by atoms with Crippen LogP contribution in [0.1, 0.15) is 11.1 Å². The summed E-state index contributed by atoms with van der Waals surface area (Å²) in [6.07, 6.45) is 0. The summed E-state index contributed by atoms with van der Waals surface area (Å²) in [5.74, 6) is 0.117. The van der Waals surface area contributed by atoms with Crippen molar-refractivity contribution >= 4 is 23.2 Å². The second-order valence-electron chi connectivity index (χ2n) is 4.72. The van der Waals surface area contributed by atoms with Gasteiger partial charge in [0.25, 0.3) is 5.91 Å². The number of amides is 1. The van der Waals surface area contributed by atoms with Gasteiger partial charge in [-0.2, -0.15) is 0 Å². The summed E-state index contributed by atoms with van der Waals surface area (Å²) >= 11 is 6.09. The van der Waals surface area contributed by atoms with E-state index in [0.29, 0.717) is 12.3 Å². The minimum absolute atomic E-state index is 0.116. The first-order chi connectivity index (χ1) is 10.0. The van der Waals surface area contributed by atoms with Crippen LogP contribution in [0.3, 0.4) is 0 Å². The number of hydrogen-bond acceptors (Lipinski definition) is 3. The van der Waals surface area contributed by atoms with E-state index in [1.807, 2.05) is 37.3 Å². The molecule has 0 aliphatic carbocycles. The van der Waals surface area contributed by atoms with Crippen molar-refractivity contribution in [1.29, 1.82) is 0 Å². The summed E-state index contributed by atoms with van der Waals surface area (Å²) in [5, 5.41) is 4.06. The van der Waals surface area contributed by atoms with Crippen LogP contribution in [-0.4, -0.2) is 12.5 Å². The molecule has 0 saturated heterocycles. The normalized spacial score (nSPS) is 10.2. The Hall–Kier alpha value is -2.20. The van der Waals surface area contributed by atoms with Crippen molar-refractivity contribution < 1.29 is 9.53 Å². The maximum Gasteiger partial charge on any atom is 0.255 e. The molecule has 0 bridgehead atoms. The number of hydrogen-bond donors (Lipinski definition) is 2. The van der Waals surface area contributed by atoms with Gasteiger partial charge < -0.3 is 15.8 Å². The van der Waals surface area contributed by atoms with E-state index in [0.717, 1.165) is 21.8 Å². The van der Waals surface area contributed by atoms with Gasteiger partial charge in [-0.3, -0.25) is 4.79 Å². The van der Waals surface area contributed by atoms with Gasteiger partial charge in [-0.15, -0.1) is 0 Å². The molecule has 0 aliphatic heterocycles. The first kappa shape index (κ1) is 15.2. The number of rotatable bonds is 6. The van der Waals surface area contributed by atoms with Crippen LogP contribution in [0.5, 0.6) is 5.75 Å². The van der Waals surface area contributed by atoms with Crippen LogP contribution < -0.4 is 15.8 Å². The van der Waals surface area contributed by atoms with Crippen LogP contribution in [0.25, 0.3) is 0 Å². The minimum atomic E-state index is -0.492. The maximum absolute atomic E-state index is 10.6. The summed E-state index contributed by atoms with van der Waals surface area (Å²) < 4.78 is 5.19. The molecule has 0 fully saturated rings. The van der Waals surface area contributed by atoms with E-state index in [2.05, 4.69) is 5.32 Å². The smallest absolute Gasteiger partial charge is 0.255 e. The van der Waals surface area contributed by atoms with Gasteiger partial charge in [0.2, 0.25) is 0 Å². The Labute approximate surface area is 128 Å². The number of primary amides is 1. The van der Waals surface area contributed by atoms with E-state index >= 15 is 0 Å². The predicted molar refractivity (Wildman–Crippen MR) is 84.6 cm³/mol. The standard InChI is InChI=1S/C16H17ClN2O2/c1-11-2-3-12(8-15(11)17)9-19-13-4-6-14(7-5-13)21-10-16(18)20/h2-8,19H,9-10H2,1H3,(H2,18,20). The highest BCUT2D eigenvalue weighted by Crippen LogP contribution is 2.19. The summed E-state index contributed by atoms with van der Waals surface area (Å²) in [6.45, 7) is 2.54. The number of carbonyl (C=O) groups is 1. The number of nitrogens with one attached hydrogen (secondary N) is 1. The van der Waals surface area contributed by atoms with Crippen molar-refractivity contribution in [3.05, 3.63) is 58.6 Å². The monoisotopic (exact) mass is 304 g/mol. The number of halogens is 1. The topological polar surface area (TPSA) is 64.3 Å². The summed E-state index contributed by atoms with van der Waals surface area (Å²) in [5.41, 5.74) is 8.15. The molecule has 2 aromatic carbocycles. The second-order valence-corrected chi connectivity index (χ2v) is 5.12. The van der Waals surface area contributed by atoms with Crippen LogP contribution >= 0.6 is 11.6 Å². The van der Waals surface area contributed by atoms with Gasteiger partial charge >= 0.3 is 0 Å². The molecule has 110 valence electrons. The summed E-state index contributed by atoms with van der Waals surface area (Å²) in [7, 11) is 0. The van der Waals surface area contributed by atoms with Crippen molar-refractivity contribution in [3.8, 4) is 5.75 Å². The molecule has 3 N–H and O–H groups in total. The van der Waals surface area contributed by atoms with Gasteiger partial charge in [0, 0.05) is 17.3 Å². The highest BCUT2D eigenvalue weighted by Gasteiger charge is 2.00. The second kappa shape index (κ2) is 6.99. The van der Waals surface area contributed by atoms with Crippen LogP contribution in [0.15, 0.2) is 42.5 Å². The first-order valence-electron chi connectivity index (χ1n) is 6.54. The zero-order valence-electron chi connectivity index (χ0n) is 11.7. The Morgan fingerprint density at radius 2 is 1.95 bits per heavy atom. The van der Waals surface area contributed by atoms with E-state index in [9.17, 15) is 4.79 Å². The molecule has 0 aromatic heterocycles. The Bertz CT molecular complexity index is 627. The molecule has 2 aromatic rings. The fourth-order valence-corrected chi connectivity index (χ4v) is 1.98. The Kier molecular flexibility index (Phi) is 5.06. The SMILES string of the molecule is Cc1ccc(CNc2ccc(OCC(N)=O)cc2)cc1Cl. The van der Waals surface area contributed by atoms with Crippen molar-refractivity contribution in [2.45, 2.75) is 13.5 Å². The number of aryl methyl sites for hydroxylation is 1. The fraction of sp³-hybridized carbons (Fsp3) is 0.188. The largest absolute Gasteiger partial charge is 0.484 e. The lowest BCUT2D eigenvalue weighted by Gasteiger charge is -2.09. The van der Waals surface area contributed by atoms with Crippen molar-refractivity contribution in [1.82, 2.24) is 0 Å². The van der Waals surface area contributed by atoms with Gasteiger partial charge in [0.15, 0.2) is 6.61 Å². The third-order valence-corrected chi connectivity index (χ3v) is 3.38. The Morgan fingerprint density at radius 1 is 1.24 bits per heavy atom. The minimum Gasteiger partial charge on any atom is -0.484 e. The molecule has 0 heterocycles. The number of nitrogens with two attached hydrogens (primary N) is 1. The molecule has 2 rings (SSSR count). The molecule has 0 saturated carbocycles. The molecule has 1 amide bonds. The number of benzene rings is 2. The van der Waals surface area contributed by atoms with Gasteiger partial charge in [0.1, 0.15) is 5.75 Å². The lowest BCUT2D eigenvalue weighted by molar-refractivity contribution is -0.119. The molecule has 4 nitrogen and oxygen atoms in total. The van der Waals surface area contributed by atoms with Crippen molar-refractivity contribution in [2.24, 2.45) is 5.73 Å². The Balaban J connectivity index is 1.91. The first-order valence-corrected chi connectivity index (χ1v) is 6.92. The summed E-state index contributed by atoms with van der Waals surface area (Å²) in [4.78, 5) is 10.6. The molecule has 5 heteroatoms. The van der Waals surface area contributed by atoms with Gasteiger partial charge in [-0.25, -0.2) is 0 Å². The average molecular weight is 305 g/mol.